The molecule has 0 amide bonds. The molecule has 9 rings (SSSR count). The highest BCUT2D eigenvalue weighted by atomic mass is 16.5. The normalized spacial score (nSPS) is 23.4. The topological polar surface area (TPSA) is 87.3 Å². The number of hydrogen-bond acceptors (Lipinski definition) is 11. The molecule has 5 heterocycles. The second-order valence-corrected chi connectivity index (χ2v) is 20.7. The van der Waals surface area contributed by atoms with Crippen LogP contribution >= 0.6 is 0 Å². The number of unbranched alkanes of at least 4 members (excludes halogenated alkanes) is 4. The van der Waals surface area contributed by atoms with Crippen molar-refractivity contribution in [2.45, 2.75) is 141 Å². The van der Waals surface area contributed by atoms with Gasteiger partial charge >= 0.3 is 11.9 Å². The molecule has 0 aliphatic carbocycles. The number of esters is 2. The minimum Gasteiger partial charge on any atom is -0.466 e. The number of nitrogens with zero attached hydrogens (tertiary/aromatic N) is 5. The van der Waals surface area contributed by atoms with Gasteiger partial charge in [0.2, 0.25) is 0 Å². The van der Waals surface area contributed by atoms with Crippen molar-refractivity contribution in [2.24, 2.45) is 5.92 Å². The monoisotopic (exact) mass is 986 g/mol. The second-order valence-electron chi connectivity index (χ2n) is 20.7. The first kappa shape index (κ1) is 55.3. The molecule has 11 nitrogen and oxygen atoms in total. The summed E-state index contributed by atoms with van der Waals surface area (Å²) in [6.45, 7) is 15.6. The van der Waals surface area contributed by atoms with Crippen molar-refractivity contribution in [3.05, 3.63) is 144 Å². The van der Waals surface area contributed by atoms with E-state index < -0.39 is 0 Å². The molecule has 0 unspecified atom stereocenters. The van der Waals surface area contributed by atoms with Crippen molar-refractivity contribution in [3.8, 4) is 0 Å². The molecule has 392 valence electrons. The summed E-state index contributed by atoms with van der Waals surface area (Å²) in [6.07, 6.45) is 12.4. The number of methoxy groups -OCH3 is 2. The number of benzene rings is 4. The van der Waals surface area contributed by atoms with E-state index in [1.807, 2.05) is 21.1 Å². The Bertz CT molecular complexity index is 2010. The van der Waals surface area contributed by atoms with E-state index >= 15 is 0 Å². The van der Waals surface area contributed by atoms with Crippen molar-refractivity contribution in [3.63, 3.8) is 0 Å². The predicted molar refractivity (Wildman–Crippen MR) is 288 cm³/mol. The van der Waals surface area contributed by atoms with E-state index in [1.165, 1.54) is 48.2 Å². The SMILES string of the molecule is CCOC(=O)CCCCCN1CC[C@@H](N(Cc2ccccc2)Cc2ccccc2)[C@@H](OC)C1.CO[C@H]1CN(CCCCCC(=O)O[C@H]2CN3CCC2CC3)CC[C@H]1N(Cc1ccccc1)Cc1ccccc1. The van der Waals surface area contributed by atoms with Crippen LogP contribution in [0.5, 0.6) is 0 Å². The molecular formula is C61H87N5O6. The highest BCUT2D eigenvalue weighted by Gasteiger charge is 2.37. The fourth-order valence-corrected chi connectivity index (χ4v) is 11.6. The molecule has 5 atom stereocenters. The highest BCUT2D eigenvalue weighted by Crippen LogP contribution is 2.30. The lowest BCUT2D eigenvalue weighted by atomic mass is 9.86. The molecule has 0 spiro atoms. The maximum atomic E-state index is 12.4. The molecule has 0 N–H and O–H groups in total. The number of carbonyl (C=O) groups is 2. The van der Waals surface area contributed by atoms with Gasteiger partial charge in [0, 0.05) is 85.0 Å². The summed E-state index contributed by atoms with van der Waals surface area (Å²) < 4.78 is 23.0. The van der Waals surface area contributed by atoms with E-state index in [0.29, 0.717) is 37.5 Å². The molecule has 4 aromatic carbocycles. The van der Waals surface area contributed by atoms with Crippen LogP contribution in [-0.2, 0) is 54.7 Å². The summed E-state index contributed by atoms with van der Waals surface area (Å²) in [5.74, 6) is 0.521. The maximum absolute atomic E-state index is 12.4. The van der Waals surface area contributed by atoms with Crippen LogP contribution in [0.25, 0.3) is 0 Å². The first-order valence-corrected chi connectivity index (χ1v) is 27.6. The van der Waals surface area contributed by atoms with Gasteiger partial charge in [-0.05, 0) is 126 Å². The minimum atomic E-state index is -0.0744. The summed E-state index contributed by atoms with van der Waals surface area (Å²) in [5.41, 5.74) is 5.37. The summed E-state index contributed by atoms with van der Waals surface area (Å²) in [4.78, 5) is 36.6. The first-order valence-electron chi connectivity index (χ1n) is 27.6. The van der Waals surface area contributed by atoms with Gasteiger partial charge in [0.1, 0.15) is 6.10 Å². The van der Waals surface area contributed by atoms with Crippen molar-refractivity contribution >= 4 is 11.9 Å². The summed E-state index contributed by atoms with van der Waals surface area (Å²) in [5, 5.41) is 0. The van der Waals surface area contributed by atoms with Gasteiger partial charge in [-0.2, -0.15) is 0 Å². The molecular weight excluding hydrogens is 899 g/mol. The van der Waals surface area contributed by atoms with Crippen LogP contribution in [0.1, 0.15) is 106 Å². The molecule has 72 heavy (non-hydrogen) atoms. The molecule has 4 aromatic rings. The Morgan fingerprint density at radius 1 is 0.486 bits per heavy atom. The lowest BCUT2D eigenvalue weighted by molar-refractivity contribution is -0.159. The Kier molecular flexibility index (Phi) is 23.6. The third kappa shape index (κ3) is 18.2. The summed E-state index contributed by atoms with van der Waals surface area (Å²) in [7, 11) is 3.72. The predicted octanol–water partition coefficient (Wildman–Crippen LogP) is 9.88. The molecule has 5 saturated heterocycles. The number of ether oxygens (including phenoxy) is 4. The zero-order chi connectivity index (χ0) is 50.2. The minimum absolute atomic E-state index is 0.00550. The van der Waals surface area contributed by atoms with Gasteiger partial charge in [0.05, 0.1) is 18.8 Å². The molecule has 5 aliphatic rings. The highest BCUT2D eigenvalue weighted by molar-refractivity contribution is 5.69. The number of fused-ring (bicyclic) bond motifs is 3. The maximum Gasteiger partial charge on any atom is 0.306 e. The number of piperidine rings is 5. The van der Waals surface area contributed by atoms with Gasteiger partial charge in [-0.3, -0.25) is 24.3 Å². The number of hydrogen-bond donors (Lipinski definition) is 0. The average molecular weight is 986 g/mol. The standard InChI is InChI=1S/C33H47N3O3.C28H40N2O3/c1-38-32-26-34(19-10-4-9-15-33(37)39-31-25-35-20-16-29(31)17-21-35)22-18-30(32)36(23-27-11-5-2-6-12-27)24-28-13-7-3-8-14-28;1-3-33-28(31)17-11-6-12-19-29-20-18-26(27(23-29)32-2)30(21-24-13-7-4-8-14-24)22-25-15-9-5-10-16-25/h2-3,5-8,11-14,29-32H,4,9-10,15-26H2,1H3;4-5,7-10,13-16,26-27H,3,6,11-12,17-23H2,1-2H3/t30-,31+,32+;26-,27+/m11/s1. The Hall–Kier alpha value is -4.46. The van der Waals surface area contributed by atoms with E-state index in [-0.39, 0.29) is 30.3 Å². The van der Waals surface area contributed by atoms with Crippen LogP contribution in [0.2, 0.25) is 0 Å². The van der Waals surface area contributed by atoms with Crippen molar-refractivity contribution < 1.29 is 28.5 Å². The van der Waals surface area contributed by atoms with Crippen LogP contribution in [0, 0.1) is 5.92 Å². The number of likely N-dealkylation sites (tertiary alicyclic amines) is 2. The van der Waals surface area contributed by atoms with Crippen molar-refractivity contribution in [2.75, 3.05) is 79.7 Å². The molecule has 11 heteroatoms. The fraction of sp³-hybridized carbons (Fsp3) is 0.574. The van der Waals surface area contributed by atoms with Gasteiger partial charge in [-0.1, -0.05) is 134 Å². The Balaban J connectivity index is 0.000000215. The third-order valence-electron chi connectivity index (χ3n) is 15.6. The van der Waals surface area contributed by atoms with Crippen molar-refractivity contribution in [1.82, 2.24) is 24.5 Å². The quantitative estimate of drug-likeness (QED) is 0.0446. The van der Waals surface area contributed by atoms with Gasteiger partial charge in [-0.15, -0.1) is 0 Å². The fourth-order valence-electron chi connectivity index (χ4n) is 11.6. The smallest absolute Gasteiger partial charge is 0.306 e. The molecule has 0 radical (unpaired) electrons. The van der Waals surface area contributed by atoms with Crippen LogP contribution in [-0.4, -0.2) is 147 Å². The van der Waals surface area contributed by atoms with E-state index in [9.17, 15) is 9.59 Å². The third-order valence-corrected chi connectivity index (χ3v) is 15.6. The Labute approximate surface area is 433 Å². The van der Waals surface area contributed by atoms with Gasteiger partial charge < -0.3 is 28.7 Å². The van der Waals surface area contributed by atoms with Crippen LogP contribution in [0.3, 0.4) is 0 Å². The zero-order valence-electron chi connectivity index (χ0n) is 44.1. The Morgan fingerprint density at radius 2 is 0.889 bits per heavy atom. The largest absolute Gasteiger partial charge is 0.466 e. The van der Waals surface area contributed by atoms with Gasteiger partial charge in [-0.25, -0.2) is 0 Å². The first-order chi connectivity index (χ1) is 35.4. The number of rotatable bonds is 26. The zero-order valence-corrected chi connectivity index (χ0v) is 44.1. The molecule has 0 saturated carbocycles. The second kappa shape index (κ2) is 30.7. The molecule has 2 bridgehead atoms. The summed E-state index contributed by atoms with van der Waals surface area (Å²) >= 11 is 0. The van der Waals surface area contributed by atoms with E-state index in [2.05, 4.69) is 146 Å². The number of carbonyl (C=O) groups excluding carboxylic acids is 2. The summed E-state index contributed by atoms with van der Waals surface area (Å²) in [6, 6.07) is 43.8. The Morgan fingerprint density at radius 3 is 1.25 bits per heavy atom. The van der Waals surface area contributed by atoms with Gasteiger partial charge in [0.25, 0.3) is 0 Å². The van der Waals surface area contributed by atoms with Crippen molar-refractivity contribution in [1.29, 1.82) is 0 Å². The van der Waals surface area contributed by atoms with Crippen LogP contribution < -0.4 is 0 Å². The lowest BCUT2D eigenvalue weighted by Crippen LogP contribution is -2.54. The van der Waals surface area contributed by atoms with Crippen LogP contribution in [0.4, 0.5) is 0 Å². The molecule has 5 aliphatic heterocycles. The van der Waals surface area contributed by atoms with E-state index in [1.54, 1.807) is 0 Å². The van der Waals surface area contributed by atoms with Gasteiger partial charge in [0.15, 0.2) is 0 Å². The molecule has 0 aromatic heterocycles. The average Bonchev–Trinajstić information content (AvgIpc) is 3.42. The van der Waals surface area contributed by atoms with E-state index in [0.717, 1.165) is 123 Å². The van der Waals surface area contributed by atoms with Crippen LogP contribution in [0.15, 0.2) is 121 Å². The molecule has 5 fully saturated rings. The lowest BCUT2D eigenvalue weighted by Gasteiger charge is -2.44. The van der Waals surface area contributed by atoms with E-state index in [4.69, 9.17) is 18.9 Å².